The minimum Gasteiger partial charge on any atom is -0.381 e. The Morgan fingerprint density at radius 3 is 2.83 bits per heavy atom. The molecule has 3 heterocycles. The fourth-order valence-electron chi connectivity index (χ4n) is 4.06. The number of thiazole rings is 1. The van der Waals surface area contributed by atoms with Crippen molar-refractivity contribution in [3.63, 3.8) is 0 Å². The summed E-state index contributed by atoms with van der Waals surface area (Å²) in [4.78, 5) is 30.4. The summed E-state index contributed by atoms with van der Waals surface area (Å²) in [7, 11) is 0. The molecular weight excluding hydrogens is 314 g/mol. The van der Waals surface area contributed by atoms with E-state index in [2.05, 4.69) is 10.3 Å². The quantitative estimate of drug-likeness (QED) is 0.900. The molecule has 1 saturated carbocycles. The zero-order valence-electron chi connectivity index (χ0n) is 13.0. The number of nitrogens with one attached hydrogen (secondary N) is 1. The van der Waals surface area contributed by atoms with Gasteiger partial charge in [-0.15, -0.1) is 11.3 Å². The second-order valence-electron chi connectivity index (χ2n) is 6.84. The van der Waals surface area contributed by atoms with E-state index in [0.717, 1.165) is 32.6 Å². The van der Waals surface area contributed by atoms with E-state index in [0.29, 0.717) is 17.7 Å². The van der Waals surface area contributed by atoms with Crippen LogP contribution in [0.4, 0.5) is 0 Å². The third kappa shape index (κ3) is 2.76. The van der Waals surface area contributed by atoms with Crippen molar-refractivity contribution in [2.75, 3.05) is 26.3 Å². The second-order valence-corrected chi connectivity index (χ2v) is 7.55. The largest absolute Gasteiger partial charge is 0.381 e. The molecular formula is C16H21N3O3S. The predicted molar refractivity (Wildman–Crippen MR) is 85.2 cm³/mol. The summed E-state index contributed by atoms with van der Waals surface area (Å²) in [5.74, 6) is 0.409. The highest BCUT2D eigenvalue weighted by atomic mass is 32.1. The zero-order chi connectivity index (χ0) is 15.9. The van der Waals surface area contributed by atoms with Crippen LogP contribution in [0.2, 0.25) is 0 Å². The van der Waals surface area contributed by atoms with Crippen LogP contribution < -0.4 is 5.32 Å². The third-order valence-corrected chi connectivity index (χ3v) is 5.98. The lowest BCUT2D eigenvalue weighted by atomic mass is 9.64. The van der Waals surface area contributed by atoms with Crippen molar-refractivity contribution in [1.82, 2.24) is 15.2 Å². The van der Waals surface area contributed by atoms with Gasteiger partial charge in [-0.05, 0) is 31.6 Å². The van der Waals surface area contributed by atoms with Crippen LogP contribution in [-0.2, 0) is 9.53 Å². The summed E-state index contributed by atoms with van der Waals surface area (Å²) < 4.78 is 5.50. The summed E-state index contributed by atoms with van der Waals surface area (Å²) in [6, 6.07) is 0.357. The predicted octanol–water partition coefficient (Wildman–Crippen LogP) is 1.29. The number of rotatable bonds is 4. The average Bonchev–Trinajstić information content (AvgIpc) is 3.21. The van der Waals surface area contributed by atoms with Gasteiger partial charge in [0.25, 0.3) is 5.91 Å². The van der Waals surface area contributed by atoms with E-state index < -0.39 is 0 Å². The lowest BCUT2D eigenvalue weighted by molar-refractivity contribution is -0.170. The Bertz CT molecular complexity index is 594. The Labute approximate surface area is 139 Å². The molecule has 0 bridgehead atoms. The van der Waals surface area contributed by atoms with E-state index in [1.165, 1.54) is 24.2 Å². The van der Waals surface area contributed by atoms with Gasteiger partial charge in [0.15, 0.2) is 0 Å². The standard InChI is InChI=1S/C16H21N3O3S/c20-13(7-17-15(21)12-8-23-10-18-12)19-9-16(3-5-22-6-4-16)14(19)11-1-2-11/h8,10-11,14H,1-7,9H2,(H,17,21). The smallest absolute Gasteiger partial charge is 0.271 e. The second kappa shape index (κ2) is 5.87. The van der Waals surface area contributed by atoms with Gasteiger partial charge >= 0.3 is 0 Å². The molecule has 1 unspecified atom stereocenters. The van der Waals surface area contributed by atoms with Gasteiger partial charge in [0, 0.05) is 36.6 Å². The maximum absolute atomic E-state index is 12.5. The van der Waals surface area contributed by atoms with Crippen LogP contribution in [0.15, 0.2) is 10.9 Å². The molecule has 1 aromatic rings. The Kier molecular flexibility index (Phi) is 3.85. The minimum atomic E-state index is -0.274. The monoisotopic (exact) mass is 335 g/mol. The maximum Gasteiger partial charge on any atom is 0.271 e. The van der Waals surface area contributed by atoms with Crippen LogP contribution in [0, 0.1) is 11.3 Å². The van der Waals surface area contributed by atoms with Crippen molar-refractivity contribution < 1.29 is 14.3 Å². The Balaban J connectivity index is 1.36. The van der Waals surface area contributed by atoms with Crippen molar-refractivity contribution in [1.29, 1.82) is 0 Å². The summed E-state index contributed by atoms with van der Waals surface area (Å²) in [6.07, 6.45) is 4.57. The number of hydrogen-bond acceptors (Lipinski definition) is 5. The average molecular weight is 335 g/mol. The van der Waals surface area contributed by atoms with E-state index in [4.69, 9.17) is 4.74 Å². The van der Waals surface area contributed by atoms with Crippen molar-refractivity contribution in [2.45, 2.75) is 31.7 Å². The molecule has 0 radical (unpaired) electrons. The number of hydrogen-bond donors (Lipinski definition) is 1. The number of carbonyl (C=O) groups is 2. The van der Waals surface area contributed by atoms with Gasteiger partial charge in [0.1, 0.15) is 5.69 Å². The molecule has 2 amide bonds. The summed E-state index contributed by atoms with van der Waals surface area (Å²) >= 11 is 1.37. The molecule has 3 fully saturated rings. The fourth-order valence-corrected chi connectivity index (χ4v) is 4.60. The SMILES string of the molecule is O=C(NCC(=O)N1CC2(CCOCC2)C1C1CC1)c1cscn1. The van der Waals surface area contributed by atoms with E-state index in [-0.39, 0.29) is 23.8 Å². The lowest BCUT2D eigenvalue weighted by Crippen LogP contribution is -2.69. The molecule has 7 heteroatoms. The summed E-state index contributed by atoms with van der Waals surface area (Å²) in [5.41, 5.74) is 2.27. The summed E-state index contributed by atoms with van der Waals surface area (Å²) in [6.45, 7) is 2.51. The van der Waals surface area contributed by atoms with Gasteiger partial charge in [0.2, 0.25) is 5.91 Å². The number of carbonyl (C=O) groups excluding carboxylic acids is 2. The Hall–Kier alpha value is -1.47. The first-order valence-electron chi connectivity index (χ1n) is 8.23. The molecule has 2 aliphatic heterocycles. The van der Waals surface area contributed by atoms with Crippen LogP contribution in [0.25, 0.3) is 0 Å². The van der Waals surface area contributed by atoms with E-state index in [9.17, 15) is 9.59 Å². The molecule has 4 rings (SSSR count). The molecule has 0 aromatic carbocycles. The van der Waals surface area contributed by atoms with Crippen LogP contribution in [0.5, 0.6) is 0 Å². The maximum atomic E-state index is 12.5. The molecule has 1 N–H and O–H groups in total. The molecule has 3 aliphatic rings. The van der Waals surface area contributed by atoms with Gasteiger partial charge in [0.05, 0.1) is 12.1 Å². The van der Waals surface area contributed by atoms with E-state index in [1.54, 1.807) is 10.9 Å². The fraction of sp³-hybridized carbons (Fsp3) is 0.688. The van der Waals surface area contributed by atoms with Crippen molar-refractivity contribution >= 4 is 23.2 Å². The van der Waals surface area contributed by atoms with Gasteiger partial charge in [-0.1, -0.05) is 0 Å². The van der Waals surface area contributed by atoms with Crippen molar-refractivity contribution in [3.8, 4) is 0 Å². The highest BCUT2D eigenvalue weighted by Crippen LogP contribution is 2.54. The van der Waals surface area contributed by atoms with Gasteiger partial charge < -0.3 is 15.0 Å². The highest BCUT2D eigenvalue weighted by molar-refractivity contribution is 7.07. The molecule has 2 saturated heterocycles. The van der Waals surface area contributed by atoms with Crippen LogP contribution in [0.3, 0.4) is 0 Å². The minimum absolute atomic E-state index is 0.0302. The number of aromatic nitrogens is 1. The molecule has 6 nitrogen and oxygen atoms in total. The molecule has 1 aromatic heterocycles. The molecule has 1 atom stereocenters. The topological polar surface area (TPSA) is 71.5 Å². The number of nitrogens with zero attached hydrogens (tertiary/aromatic N) is 2. The molecule has 1 aliphatic carbocycles. The number of amides is 2. The third-order valence-electron chi connectivity index (χ3n) is 5.39. The molecule has 124 valence electrons. The Morgan fingerprint density at radius 1 is 1.39 bits per heavy atom. The summed E-state index contributed by atoms with van der Waals surface area (Å²) in [5, 5.41) is 4.38. The van der Waals surface area contributed by atoms with Gasteiger partial charge in [-0.25, -0.2) is 4.98 Å². The van der Waals surface area contributed by atoms with Gasteiger partial charge in [-0.3, -0.25) is 9.59 Å². The van der Waals surface area contributed by atoms with Gasteiger partial charge in [-0.2, -0.15) is 0 Å². The number of ether oxygens (including phenoxy) is 1. The van der Waals surface area contributed by atoms with Crippen LogP contribution >= 0.6 is 11.3 Å². The normalized spacial score (nSPS) is 25.9. The van der Waals surface area contributed by atoms with Crippen LogP contribution in [-0.4, -0.2) is 54.0 Å². The van der Waals surface area contributed by atoms with Crippen molar-refractivity contribution in [2.24, 2.45) is 11.3 Å². The highest BCUT2D eigenvalue weighted by Gasteiger charge is 2.59. The Morgan fingerprint density at radius 2 is 2.17 bits per heavy atom. The molecule has 23 heavy (non-hydrogen) atoms. The molecule has 1 spiro atoms. The van der Waals surface area contributed by atoms with E-state index >= 15 is 0 Å². The first-order chi connectivity index (χ1) is 11.2. The zero-order valence-corrected chi connectivity index (χ0v) is 13.8. The van der Waals surface area contributed by atoms with E-state index in [1.807, 2.05) is 4.90 Å². The van der Waals surface area contributed by atoms with Crippen molar-refractivity contribution in [3.05, 3.63) is 16.6 Å². The van der Waals surface area contributed by atoms with Crippen LogP contribution in [0.1, 0.15) is 36.2 Å². The first-order valence-corrected chi connectivity index (χ1v) is 9.17. The lowest BCUT2D eigenvalue weighted by Gasteiger charge is -2.59. The number of likely N-dealkylation sites (tertiary alicyclic amines) is 1. The first kappa shape index (κ1) is 15.1.